The fourth-order valence-corrected chi connectivity index (χ4v) is 5.74. The summed E-state index contributed by atoms with van der Waals surface area (Å²) in [5, 5.41) is 29.9. The number of unbranched alkanes of at least 4 members (excludes halogenated alkanes) is 11. The van der Waals surface area contributed by atoms with Crippen LogP contribution in [0.4, 0.5) is 0 Å². The molecule has 0 heterocycles. The van der Waals surface area contributed by atoms with Crippen LogP contribution in [-0.2, 0) is 14.4 Å². The third kappa shape index (κ3) is 11.4. The molecule has 36 heavy (non-hydrogen) atoms. The Labute approximate surface area is 219 Å². The van der Waals surface area contributed by atoms with E-state index in [-0.39, 0.29) is 25.8 Å². The van der Waals surface area contributed by atoms with Crippen molar-refractivity contribution >= 4 is 17.9 Å². The molecular formula is C29H54NO6+. The van der Waals surface area contributed by atoms with Crippen molar-refractivity contribution in [3.63, 3.8) is 0 Å². The smallest absolute Gasteiger partial charge is 0.362 e. The van der Waals surface area contributed by atoms with Gasteiger partial charge in [-0.2, -0.15) is 0 Å². The molecule has 0 aromatic heterocycles. The Morgan fingerprint density at radius 2 is 0.889 bits per heavy atom. The minimum absolute atomic E-state index is 0.182. The first-order valence-electron chi connectivity index (χ1n) is 14.4. The van der Waals surface area contributed by atoms with E-state index in [2.05, 4.69) is 19.1 Å². The molecule has 0 fully saturated rings. The van der Waals surface area contributed by atoms with Crippen LogP contribution in [0, 0.1) is 0 Å². The van der Waals surface area contributed by atoms with Gasteiger partial charge in [0.15, 0.2) is 18.1 Å². The van der Waals surface area contributed by atoms with Crippen molar-refractivity contribution in [3.8, 4) is 0 Å². The first-order chi connectivity index (χ1) is 17.2. The van der Waals surface area contributed by atoms with E-state index >= 15 is 0 Å². The molecule has 0 saturated carbocycles. The monoisotopic (exact) mass is 512 g/mol. The predicted octanol–water partition coefficient (Wildman–Crippen LogP) is 7.04. The van der Waals surface area contributed by atoms with Crippen molar-refractivity contribution in [3.05, 3.63) is 12.2 Å². The summed E-state index contributed by atoms with van der Waals surface area (Å²) in [6, 6.07) is -3.22. The molecule has 3 N–H and O–H groups in total. The maximum atomic E-state index is 12.2. The van der Waals surface area contributed by atoms with Gasteiger partial charge in [0.25, 0.3) is 0 Å². The molecule has 0 amide bonds. The van der Waals surface area contributed by atoms with E-state index in [9.17, 15) is 29.7 Å². The normalized spacial score (nSPS) is 15.9. The highest BCUT2D eigenvalue weighted by Gasteiger charge is 2.55. The van der Waals surface area contributed by atoms with Crippen LogP contribution in [0.5, 0.6) is 0 Å². The Hall–Kier alpha value is -1.89. The number of rotatable bonds is 24. The molecule has 0 aliphatic heterocycles. The lowest BCUT2D eigenvalue weighted by atomic mass is 9.94. The van der Waals surface area contributed by atoms with Crippen LogP contribution in [-0.4, -0.2) is 62.4 Å². The Kier molecular flexibility index (Phi) is 19.1. The standard InChI is InChI=1S/C29H53NO6/c1-5-9-10-11-12-13-14-15-16-17-18-19-20-21-22-23-30(24(6-2)27(31)32,25(7-3)28(33)34)26(8-4)29(35)36/h18-19,24-26H,5-17,20-23H2,1-4H3,(H2-,31,32,33,34,35,36)/p+1/b19-18+. The van der Waals surface area contributed by atoms with E-state index in [0.717, 1.165) is 19.3 Å². The van der Waals surface area contributed by atoms with E-state index in [1.165, 1.54) is 57.8 Å². The fourth-order valence-electron chi connectivity index (χ4n) is 5.74. The van der Waals surface area contributed by atoms with Gasteiger partial charge in [0.1, 0.15) is 0 Å². The van der Waals surface area contributed by atoms with Gasteiger partial charge in [0, 0.05) is 19.3 Å². The average Bonchev–Trinajstić information content (AvgIpc) is 2.82. The maximum absolute atomic E-state index is 12.2. The van der Waals surface area contributed by atoms with E-state index in [4.69, 9.17) is 0 Å². The molecule has 0 rings (SSSR count). The minimum Gasteiger partial charge on any atom is -0.477 e. The Bertz CT molecular complexity index is 593. The van der Waals surface area contributed by atoms with Gasteiger partial charge in [-0.3, -0.25) is 4.48 Å². The number of aliphatic carboxylic acids is 3. The van der Waals surface area contributed by atoms with Crippen LogP contribution in [0.25, 0.3) is 0 Å². The lowest BCUT2D eigenvalue weighted by molar-refractivity contribution is -0.973. The summed E-state index contributed by atoms with van der Waals surface area (Å²) in [7, 11) is 0. The predicted molar refractivity (Wildman–Crippen MR) is 145 cm³/mol. The quantitative estimate of drug-likeness (QED) is 0.0726. The topological polar surface area (TPSA) is 112 Å². The van der Waals surface area contributed by atoms with Gasteiger partial charge in [-0.25, -0.2) is 14.4 Å². The van der Waals surface area contributed by atoms with Gasteiger partial charge in [0.05, 0.1) is 6.54 Å². The summed E-state index contributed by atoms with van der Waals surface area (Å²) in [5.41, 5.74) is 0. The lowest BCUT2D eigenvalue weighted by Crippen LogP contribution is -2.72. The summed E-state index contributed by atoms with van der Waals surface area (Å²) in [6.45, 7) is 7.56. The van der Waals surface area contributed by atoms with Crippen LogP contribution >= 0.6 is 0 Å². The summed E-state index contributed by atoms with van der Waals surface area (Å²) < 4.78 is -0.425. The van der Waals surface area contributed by atoms with Gasteiger partial charge < -0.3 is 15.3 Å². The number of quaternary nitrogens is 1. The molecule has 3 atom stereocenters. The SMILES string of the molecule is CCCCCCCCCCC/C=C/CCCC[N+](C(CC)C(=O)O)(C(CC)C(=O)O)C(CC)C(=O)O. The first kappa shape index (κ1) is 34.1. The molecule has 7 nitrogen and oxygen atoms in total. The molecule has 0 saturated heterocycles. The number of nitrogens with zero attached hydrogens (tertiary/aromatic N) is 1. The van der Waals surface area contributed by atoms with E-state index < -0.39 is 40.5 Å². The van der Waals surface area contributed by atoms with Crippen molar-refractivity contribution in [2.45, 2.75) is 149 Å². The number of hydrogen-bond acceptors (Lipinski definition) is 3. The highest BCUT2D eigenvalue weighted by molar-refractivity contribution is 5.78. The molecule has 0 aromatic carbocycles. The maximum Gasteiger partial charge on any atom is 0.362 e. The molecule has 210 valence electrons. The van der Waals surface area contributed by atoms with Gasteiger partial charge in [0.2, 0.25) is 0 Å². The number of hydrogen-bond donors (Lipinski definition) is 3. The van der Waals surface area contributed by atoms with E-state index in [1.54, 1.807) is 20.8 Å². The first-order valence-corrected chi connectivity index (χ1v) is 14.4. The van der Waals surface area contributed by atoms with Crippen LogP contribution in [0.2, 0.25) is 0 Å². The van der Waals surface area contributed by atoms with Crippen molar-refractivity contribution in [2.75, 3.05) is 6.54 Å². The molecule has 0 aliphatic carbocycles. The zero-order valence-corrected chi connectivity index (χ0v) is 23.4. The van der Waals surface area contributed by atoms with Crippen molar-refractivity contribution in [1.82, 2.24) is 0 Å². The summed E-state index contributed by atoms with van der Waals surface area (Å²) in [6.07, 6.45) is 19.9. The second kappa shape index (κ2) is 20.2. The number of allylic oxidation sites excluding steroid dienone is 2. The molecule has 7 heteroatoms. The average molecular weight is 513 g/mol. The fraction of sp³-hybridized carbons (Fsp3) is 0.828. The summed E-state index contributed by atoms with van der Waals surface area (Å²) in [5.74, 6) is -3.38. The number of carboxylic acid groups (broad SMARTS) is 3. The molecule has 0 spiro atoms. The molecule has 0 aliphatic rings. The van der Waals surface area contributed by atoms with Crippen molar-refractivity contribution in [1.29, 1.82) is 0 Å². The lowest BCUT2D eigenvalue weighted by Gasteiger charge is -2.49. The highest BCUT2D eigenvalue weighted by atomic mass is 16.4. The third-order valence-electron chi connectivity index (χ3n) is 7.56. The third-order valence-corrected chi connectivity index (χ3v) is 7.56. The van der Waals surface area contributed by atoms with E-state index in [1.807, 2.05) is 0 Å². The molecule has 0 aromatic rings. The van der Waals surface area contributed by atoms with Crippen LogP contribution in [0.3, 0.4) is 0 Å². The summed E-state index contributed by atoms with van der Waals surface area (Å²) in [4.78, 5) is 36.6. The van der Waals surface area contributed by atoms with Crippen molar-refractivity contribution in [2.24, 2.45) is 0 Å². The Morgan fingerprint density at radius 3 is 1.22 bits per heavy atom. The second-order valence-electron chi connectivity index (χ2n) is 10.1. The van der Waals surface area contributed by atoms with Gasteiger partial charge in [-0.15, -0.1) is 0 Å². The Morgan fingerprint density at radius 1 is 0.556 bits per heavy atom. The number of carbonyl (C=O) groups is 3. The molecular weight excluding hydrogens is 458 g/mol. The van der Waals surface area contributed by atoms with Crippen LogP contribution in [0.15, 0.2) is 12.2 Å². The van der Waals surface area contributed by atoms with Gasteiger partial charge in [-0.1, -0.05) is 91.2 Å². The molecule has 0 radical (unpaired) electrons. The van der Waals surface area contributed by atoms with E-state index in [0.29, 0.717) is 6.42 Å². The van der Waals surface area contributed by atoms with Gasteiger partial charge >= 0.3 is 17.9 Å². The molecule has 3 unspecified atom stereocenters. The van der Waals surface area contributed by atoms with Crippen LogP contribution in [0.1, 0.15) is 130 Å². The molecule has 0 bridgehead atoms. The number of carboxylic acids is 3. The van der Waals surface area contributed by atoms with Gasteiger partial charge in [-0.05, 0) is 32.1 Å². The second-order valence-corrected chi connectivity index (χ2v) is 10.1. The van der Waals surface area contributed by atoms with Crippen molar-refractivity contribution < 1.29 is 34.2 Å². The minimum atomic E-state index is -1.13. The Balaban J connectivity index is 4.94. The zero-order valence-electron chi connectivity index (χ0n) is 23.4. The van der Waals surface area contributed by atoms with Crippen LogP contribution < -0.4 is 0 Å². The zero-order chi connectivity index (χ0) is 27.4. The summed E-state index contributed by atoms with van der Waals surface area (Å²) >= 11 is 0. The largest absolute Gasteiger partial charge is 0.477 e. The highest BCUT2D eigenvalue weighted by Crippen LogP contribution is 2.32.